The van der Waals surface area contributed by atoms with E-state index in [-0.39, 0.29) is 94.0 Å². The van der Waals surface area contributed by atoms with Gasteiger partial charge in [0.2, 0.25) is 35.4 Å². The quantitative estimate of drug-likeness (QED) is 0.0102. The third kappa shape index (κ3) is 18.7. The summed E-state index contributed by atoms with van der Waals surface area (Å²) < 4.78 is 0. The number of fused-ring (bicyclic) bond motifs is 2. The molecule has 2 aromatic heterocycles. The number of carboxylic acids is 1. The van der Waals surface area contributed by atoms with E-state index in [2.05, 4.69) is 82.1 Å². The number of amides is 6. The van der Waals surface area contributed by atoms with Gasteiger partial charge in [-0.3, -0.25) is 43.7 Å². The molecule has 0 unspecified atom stereocenters. The molecule has 402 valence electrons. The van der Waals surface area contributed by atoms with E-state index in [9.17, 15) is 38.7 Å². The molecule has 4 rings (SSSR count). The van der Waals surface area contributed by atoms with E-state index in [0.29, 0.717) is 17.5 Å². The van der Waals surface area contributed by atoms with Crippen LogP contribution in [0.2, 0.25) is 0 Å². The third-order valence-corrected chi connectivity index (χ3v) is 12.3. The highest BCUT2D eigenvalue weighted by atomic mass is 32.1. The van der Waals surface area contributed by atoms with Gasteiger partial charge in [-0.1, -0.05) is 36.4 Å². The van der Waals surface area contributed by atoms with Gasteiger partial charge >= 0.3 is 5.97 Å². The second kappa shape index (κ2) is 29.7. The highest BCUT2D eigenvalue weighted by Gasteiger charge is 2.34. The van der Waals surface area contributed by atoms with Gasteiger partial charge in [0.25, 0.3) is 0 Å². The number of hydrogen-bond acceptors (Lipinski definition) is 13. The highest BCUT2D eigenvalue weighted by Crippen LogP contribution is 2.22. The van der Waals surface area contributed by atoms with Crippen molar-refractivity contribution < 1.29 is 38.7 Å². The Morgan fingerprint density at radius 1 is 0.486 bits per heavy atom. The van der Waals surface area contributed by atoms with Crippen LogP contribution in [0.25, 0.3) is 21.8 Å². The van der Waals surface area contributed by atoms with Crippen LogP contribution < -0.4 is 72.0 Å². The van der Waals surface area contributed by atoms with Crippen LogP contribution in [-0.2, 0) is 46.4 Å². The molecule has 4 aromatic rings. The minimum absolute atomic E-state index is 0.0173. The number of carboxylic acid groups (broad SMARTS) is 1. The van der Waals surface area contributed by atoms with Gasteiger partial charge in [0.05, 0.1) is 6.04 Å². The number of nitrogens with zero attached hydrogens (tertiary/aromatic N) is 3. The summed E-state index contributed by atoms with van der Waals surface area (Å²) in [7, 11) is 0. The Balaban J connectivity index is 1.68. The van der Waals surface area contributed by atoms with Gasteiger partial charge in [0.15, 0.2) is 17.9 Å². The van der Waals surface area contributed by atoms with Crippen molar-refractivity contribution in [3.63, 3.8) is 0 Å². The van der Waals surface area contributed by atoms with Gasteiger partial charge in [-0.05, 0) is 61.8 Å². The summed E-state index contributed by atoms with van der Waals surface area (Å²) in [5, 5.41) is 26.9. The highest BCUT2D eigenvalue weighted by molar-refractivity contribution is 7.80. The van der Waals surface area contributed by atoms with Gasteiger partial charge in [-0.2, -0.15) is 25.3 Å². The van der Waals surface area contributed by atoms with E-state index < -0.39 is 83.7 Å². The molecule has 0 radical (unpaired) electrons. The second-order valence-electron chi connectivity index (χ2n) is 17.2. The number of carbonyl (C=O) groups is 7. The summed E-state index contributed by atoms with van der Waals surface area (Å²) >= 11 is 8.34. The fourth-order valence-corrected chi connectivity index (χ4v) is 8.18. The topological polar surface area (TPSA) is 463 Å². The van der Waals surface area contributed by atoms with Crippen LogP contribution in [0.4, 0.5) is 0 Å². The van der Waals surface area contributed by atoms with Gasteiger partial charge in [-0.25, -0.2) is 4.79 Å². The number of para-hydroxylation sites is 2. The maximum atomic E-state index is 14.9. The number of aliphatic imine (C=N–C) groups is 3. The molecule has 0 bridgehead atoms. The Morgan fingerprint density at radius 3 is 1.23 bits per heavy atom. The number of aromatic amines is 2. The number of guanidine groups is 3. The first-order valence-corrected chi connectivity index (χ1v) is 24.9. The van der Waals surface area contributed by atoms with Crippen LogP contribution >= 0.6 is 25.3 Å². The molecular formula is C46H68N18O8S2. The number of carbonyl (C=O) groups excluding carboxylic acids is 6. The molecule has 0 saturated carbocycles. The minimum atomic E-state index is -1.42. The molecule has 2 heterocycles. The first-order chi connectivity index (χ1) is 35.3. The monoisotopic (exact) mass is 1060 g/mol. The maximum absolute atomic E-state index is 14.9. The summed E-state index contributed by atoms with van der Waals surface area (Å²) in [5.74, 6) is -7.19. The Morgan fingerprint density at radius 2 is 0.824 bits per heavy atom. The average Bonchev–Trinajstić information content (AvgIpc) is 3.97. The number of nitrogens with one attached hydrogen (secondary N) is 8. The molecule has 74 heavy (non-hydrogen) atoms. The summed E-state index contributed by atoms with van der Waals surface area (Å²) in [6, 6.07) is 5.32. The zero-order chi connectivity index (χ0) is 54.3. The number of aromatic nitrogens is 2. The lowest BCUT2D eigenvalue weighted by molar-refractivity contribution is -0.141. The summed E-state index contributed by atoms with van der Waals surface area (Å²) in [6.07, 6.45) is 4.04. The van der Waals surface area contributed by atoms with Crippen LogP contribution in [0.3, 0.4) is 0 Å². The van der Waals surface area contributed by atoms with Crippen molar-refractivity contribution in [2.75, 3.05) is 31.1 Å². The molecular weight excluding hydrogens is 997 g/mol. The standard InChI is InChI=1S/C46H68N18O8S2/c47-28(10-5-15-54-44(48)49)37(65)59-31(13-6-16-55-45(50)51)38(66)61-33(18-24-20-57-29-11-3-1-8-26(24)29)40(68)62-34(19-25-21-58-30-12-4-2-9-27(25)30)41(69)63-35(22-73)42(70)60-32(14-7-17-56-46(52)53)39(67)64-36(23-74)43(71)72/h1-4,8-9,11-12,20-21,28,31-36,57-58,73-74H,5-7,10,13-19,22-23,47H2,(H,59,65)(H,60,70)(H,61,66)(H,62,68)(H,63,69)(H,64,67)(H,71,72)(H4,48,49,54)(H4,50,51,55)(H4,52,53,56)/t28-,31-,32-,33-,34-,35-,36-/m0/s1. The molecule has 7 atom stereocenters. The lowest BCUT2D eigenvalue weighted by Gasteiger charge is -2.27. The summed E-state index contributed by atoms with van der Waals surface area (Å²) in [6.45, 7) is 0.399. The summed E-state index contributed by atoms with van der Waals surface area (Å²) in [4.78, 5) is 114. The van der Waals surface area contributed by atoms with Gasteiger partial charge in [0, 0.05) is 78.2 Å². The number of benzene rings is 2. The summed E-state index contributed by atoms with van der Waals surface area (Å²) in [5.41, 5.74) is 41.7. The van der Waals surface area contributed by atoms with Crippen molar-refractivity contribution in [2.24, 2.45) is 55.1 Å². The van der Waals surface area contributed by atoms with E-state index in [4.69, 9.17) is 40.1 Å². The molecule has 6 amide bonds. The van der Waals surface area contributed by atoms with Crippen LogP contribution in [0.15, 0.2) is 75.9 Å². The number of aliphatic carboxylic acids is 1. The van der Waals surface area contributed by atoms with Crippen LogP contribution in [0, 0.1) is 0 Å². The Labute approximate surface area is 437 Å². The van der Waals surface area contributed by atoms with E-state index in [1.54, 1.807) is 18.5 Å². The molecule has 2 aromatic carbocycles. The number of thiol groups is 2. The first kappa shape index (κ1) is 58.8. The SMILES string of the molecule is NC(N)=NCCC[C@H](NC(=O)[C@H](CS)NC(=O)[C@H](Cc1c[nH]c2ccccc12)NC(=O)[C@H](Cc1c[nH]c2ccccc12)NC(=O)[C@H](CCCN=C(N)N)NC(=O)[C@@H](N)CCCN=C(N)N)C(=O)N[C@@H](CS)C(=O)O. The van der Waals surface area contributed by atoms with Crippen molar-refractivity contribution in [1.82, 2.24) is 41.9 Å². The zero-order valence-electron chi connectivity index (χ0n) is 40.6. The fraction of sp³-hybridized carbons (Fsp3) is 0.435. The van der Waals surface area contributed by atoms with Crippen molar-refractivity contribution in [2.45, 2.75) is 93.7 Å². The lowest BCUT2D eigenvalue weighted by atomic mass is 10.0. The first-order valence-electron chi connectivity index (χ1n) is 23.6. The second-order valence-corrected chi connectivity index (χ2v) is 17.9. The van der Waals surface area contributed by atoms with Gasteiger partial charge < -0.3 is 87.1 Å². The predicted molar refractivity (Wildman–Crippen MR) is 289 cm³/mol. The van der Waals surface area contributed by atoms with Gasteiger partial charge in [-0.15, -0.1) is 0 Å². The van der Waals surface area contributed by atoms with E-state index in [0.717, 1.165) is 21.8 Å². The van der Waals surface area contributed by atoms with E-state index in [1.165, 1.54) is 0 Å². The van der Waals surface area contributed by atoms with Crippen LogP contribution in [-0.4, -0.2) is 148 Å². The van der Waals surface area contributed by atoms with Gasteiger partial charge in [0.1, 0.15) is 36.3 Å². The largest absolute Gasteiger partial charge is 0.480 e. The molecule has 23 N–H and O–H groups in total. The molecule has 28 heteroatoms. The predicted octanol–water partition coefficient (Wildman–Crippen LogP) is -3.22. The number of H-pyrrole nitrogens is 2. The number of nitrogens with two attached hydrogens (primary N) is 7. The van der Waals surface area contributed by atoms with Crippen molar-refractivity contribution in [3.8, 4) is 0 Å². The molecule has 0 spiro atoms. The average molecular weight is 1070 g/mol. The lowest BCUT2D eigenvalue weighted by Crippen LogP contribution is -2.60. The Hall–Kier alpha value is -7.72. The number of hydrogen-bond donors (Lipinski definition) is 18. The zero-order valence-corrected chi connectivity index (χ0v) is 42.4. The molecule has 0 saturated heterocycles. The van der Waals surface area contributed by atoms with Crippen molar-refractivity contribution >= 4 is 106 Å². The molecule has 0 aliphatic carbocycles. The fourth-order valence-electron chi connectivity index (χ4n) is 7.67. The normalized spacial score (nSPS) is 13.9. The molecule has 0 aliphatic rings. The van der Waals surface area contributed by atoms with E-state index >= 15 is 0 Å². The maximum Gasteiger partial charge on any atom is 0.327 e. The van der Waals surface area contributed by atoms with E-state index in [1.807, 2.05) is 42.5 Å². The minimum Gasteiger partial charge on any atom is -0.480 e. The third-order valence-electron chi connectivity index (χ3n) is 11.5. The van der Waals surface area contributed by atoms with Crippen molar-refractivity contribution in [1.29, 1.82) is 0 Å². The molecule has 26 nitrogen and oxygen atoms in total. The van der Waals surface area contributed by atoms with Crippen molar-refractivity contribution in [3.05, 3.63) is 72.1 Å². The smallest absolute Gasteiger partial charge is 0.327 e. The number of rotatable bonds is 31. The molecule has 0 aliphatic heterocycles. The molecule has 0 fully saturated rings. The van der Waals surface area contributed by atoms with Crippen LogP contribution in [0.5, 0.6) is 0 Å². The Bertz CT molecular complexity index is 2650. The Kier molecular flexibility index (Phi) is 23.6. The van der Waals surface area contributed by atoms with Crippen LogP contribution in [0.1, 0.15) is 49.7 Å².